The van der Waals surface area contributed by atoms with E-state index in [1.807, 2.05) is 13.8 Å². The Morgan fingerprint density at radius 2 is 1.76 bits per heavy atom. The minimum Gasteiger partial charge on any atom is -0.494 e. The van der Waals surface area contributed by atoms with Crippen molar-refractivity contribution in [3.63, 3.8) is 0 Å². The molecule has 0 heterocycles. The minimum atomic E-state index is -1.32. The molecule has 0 unspecified atom stereocenters. The van der Waals surface area contributed by atoms with Crippen LogP contribution in [-0.2, 0) is 6.42 Å². The third kappa shape index (κ3) is 6.97. The predicted octanol–water partition coefficient (Wildman–Crippen LogP) is 6.38. The molecule has 0 saturated carbocycles. The van der Waals surface area contributed by atoms with E-state index in [1.165, 1.54) is 12.1 Å². The predicted molar refractivity (Wildman–Crippen MR) is 143 cm³/mol. The van der Waals surface area contributed by atoms with E-state index in [0.717, 1.165) is 18.4 Å². The van der Waals surface area contributed by atoms with E-state index in [-0.39, 0.29) is 17.0 Å². The van der Waals surface area contributed by atoms with Crippen molar-refractivity contribution < 1.29 is 28.6 Å². The lowest BCUT2D eigenvalue weighted by Gasteiger charge is -2.15. The highest BCUT2D eigenvalue weighted by Gasteiger charge is 2.17. The number of hydrogen-bond acceptors (Lipinski definition) is 4. The Morgan fingerprint density at radius 3 is 2.46 bits per heavy atom. The van der Waals surface area contributed by atoms with Crippen LogP contribution in [0.4, 0.5) is 4.39 Å². The van der Waals surface area contributed by atoms with E-state index >= 15 is 0 Å². The molecule has 37 heavy (non-hydrogen) atoms. The fourth-order valence-corrected chi connectivity index (χ4v) is 3.85. The molecule has 3 aromatic rings. The van der Waals surface area contributed by atoms with Crippen molar-refractivity contribution >= 4 is 18.0 Å². The third-order valence-electron chi connectivity index (χ3n) is 5.70. The van der Waals surface area contributed by atoms with Crippen LogP contribution in [0.25, 0.3) is 17.2 Å². The van der Waals surface area contributed by atoms with E-state index in [0.29, 0.717) is 54.4 Å². The van der Waals surface area contributed by atoms with Crippen LogP contribution in [0.2, 0.25) is 0 Å². The Hall–Kier alpha value is -4.13. The van der Waals surface area contributed by atoms with Crippen LogP contribution in [0.1, 0.15) is 58.5 Å². The van der Waals surface area contributed by atoms with Crippen molar-refractivity contribution in [2.45, 2.75) is 33.1 Å². The zero-order valence-electron chi connectivity index (χ0n) is 21.2. The molecule has 0 saturated heterocycles. The summed E-state index contributed by atoms with van der Waals surface area (Å²) in [7, 11) is 0. The van der Waals surface area contributed by atoms with Gasteiger partial charge in [0.2, 0.25) is 0 Å². The van der Waals surface area contributed by atoms with Gasteiger partial charge in [0.25, 0.3) is 5.91 Å². The van der Waals surface area contributed by atoms with Gasteiger partial charge in [-0.2, -0.15) is 0 Å². The Balaban J connectivity index is 1.79. The average Bonchev–Trinajstić information content (AvgIpc) is 2.90. The zero-order valence-corrected chi connectivity index (χ0v) is 21.2. The summed E-state index contributed by atoms with van der Waals surface area (Å²) < 4.78 is 26.4. The van der Waals surface area contributed by atoms with Gasteiger partial charge in [0, 0.05) is 17.7 Å². The van der Waals surface area contributed by atoms with Crippen molar-refractivity contribution in [2.24, 2.45) is 0 Å². The number of benzene rings is 3. The Morgan fingerprint density at radius 1 is 1.00 bits per heavy atom. The molecule has 0 bridgehead atoms. The summed E-state index contributed by atoms with van der Waals surface area (Å²) in [6, 6.07) is 14.8. The second-order valence-corrected chi connectivity index (χ2v) is 8.45. The molecule has 6 nitrogen and oxygen atoms in total. The fourth-order valence-electron chi connectivity index (χ4n) is 3.85. The van der Waals surface area contributed by atoms with Crippen molar-refractivity contribution in [3.05, 3.63) is 89.2 Å². The van der Waals surface area contributed by atoms with E-state index < -0.39 is 11.8 Å². The molecule has 0 aliphatic heterocycles. The number of ether oxygens (including phenoxy) is 2. The Kier molecular flexibility index (Phi) is 9.84. The number of carboxylic acid groups (broad SMARTS) is 1. The highest BCUT2D eigenvalue weighted by atomic mass is 19.1. The third-order valence-corrected chi connectivity index (χ3v) is 5.70. The van der Waals surface area contributed by atoms with Crippen LogP contribution in [-0.4, -0.2) is 36.7 Å². The van der Waals surface area contributed by atoms with E-state index in [4.69, 9.17) is 9.47 Å². The molecule has 0 aliphatic rings. The first kappa shape index (κ1) is 27.5. The summed E-state index contributed by atoms with van der Waals surface area (Å²) in [4.78, 5) is 24.3. The molecule has 3 rings (SSSR count). The second-order valence-electron chi connectivity index (χ2n) is 8.45. The summed E-state index contributed by atoms with van der Waals surface area (Å²) >= 11 is 0. The fraction of sp³-hybridized carbons (Fsp3) is 0.267. The molecule has 0 spiro atoms. The molecular formula is C30H32FNO5. The Labute approximate surface area is 216 Å². The summed E-state index contributed by atoms with van der Waals surface area (Å²) in [5, 5.41) is 12.2. The number of halogens is 1. The standard InChI is InChI=1S/C30H32FNO5/c1-4-16-36-23-11-12-25(20(6-3)19-23)29(33)32-15-14-22-18-21(10-13-27(22)37-17-5-2)24-8-7-9-26(28(24)31)30(34)35/h6-13,18-19H,3-5,14-17H2,1-2H3,(H,32,33)(H,34,35). The summed E-state index contributed by atoms with van der Waals surface area (Å²) in [5.74, 6) is -1.04. The first-order valence-corrected chi connectivity index (χ1v) is 12.3. The smallest absolute Gasteiger partial charge is 0.338 e. The molecule has 1 amide bonds. The maximum Gasteiger partial charge on any atom is 0.338 e. The molecule has 7 heteroatoms. The number of hydrogen-bond donors (Lipinski definition) is 2. The number of amides is 1. The largest absolute Gasteiger partial charge is 0.494 e. The molecule has 0 atom stereocenters. The molecule has 0 aliphatic carbocycles. The monoisotopic (exact) mass is 505 g/mol. The van der Waals surface area contributed by atoms with Crippen LogP contribution in [0, 0.1) is 5.82 Å². The molecule has 0 radical (unpaired) electrons. The van der Waals surface area contributed by atoms with Crippen molar-refractivity contribution in [1.29, 1.82) is 0 Å². The van der Waals surface area contributed by atoms with Gasteiger partial charge in [-0.25, -0.2) is 9.18 Å². The van der Waals surface area contributed by atoms with E-state index in [1.54, 1.807) is 48.5 Å². The van der Waals surface area contributed by atoms with Crippen molar-refractivity contribution in [3.8, 4) is 22.6 Å². The van der Waals surface area contributed by atoms with Crippen LogP contribution < -0.4 is 14.8 Å². The lowest BCUT2D eigenvalue weighted by atomic mass is 9.98. The Bertz CT molecular complexity index is 1270. The molecular weight excluding hydrogens is 473 g/mol. The number of carboxylic acids is 1. The van der Waals surface area contributed by atoms with Crippen molar-refractivity contribution in [1.82, 2.24) is 5.32 Å². The lowest BCUT2D eigenvalue weighted by Crippen LogP contribution is -2.26. The number of nitrogens with one attached hydrogen (secondary N) is 1. The van der Waals surface area contributed by atoms with Crippen LogP contribution >= 0.6 is 0 Å². The van der Waals surface area contributed by atoms with Crippen molar-refractivity contribution in [2.75, 3.05) is 19.8 Å². The summed E-state index contributed by atoms with van der Waals surface area (Å²) in [6.07, 6.45) is 3.75. The van der Waals surface area contributed by atoms with Gasteiger partial charge >= 0.3 is 5.97 Å². The van der Waals surface area contributed by atoms with Crippen LogP contribution in [0.5, 0.6) is 11.5 Å². The van der Waals surface area contributed by atoms with E-state index in [2.05, 4.69) is 11.9 Å². The minimum absolute atomic E-state index is 0.188. The van der Waals surface area contributed by atoms with Gasteiger partial charge in [-0.3, -0.25) is 4.79 Å². The number of aromatic carboxylic acids is 1. The lowest BCUT2D eigenvalue weighted by molar-refractivity contribution is 0.0691. The summed E-state index contributed by atoms with van der Waals surface area (Å²) in [6.45, 7) is 9.24. The molecule has 3 aromatic carbocycles. The van der Waals surface area contributed by atoms with Gasteiger partial charge in [0.1, 0.15) is 17.3 Å². The molecule has 194 valence electrons. The molecule has 2 N–H and O–H groups in total. The first-order valence-electron chi connectivity index (χ1n) is 12.3. The average molecular weight is 506 g/mol. The molecule has 0 fully saturated rings. The van der Waals surface area contributed by atoms with Crippen LogP contribution in [0.15, 0.2) is 61.2 Å². The normalized spacial score (nSPS) is 10.6. The van der Waals surface area contributed by atoms with Gasteiger partial charge in [0.05, 0.1) is 18.8 Å². The maximum atomic E-state index is 14.9. The SMILES string of the molecule is C=Cc1cc(OCCC)ccc1C(=O)NCCc1cc(-c2cccc(C(=O)O)c2F)ccc1OCCC. The number of carbonyl (C=O) groups is 2. The second kappa shape index (κ2) is 13.3. The van der Waals surface area contributed by atoms with Gasteiger partial charge in [0.15, 0.2) is 0 Å². The van der Waals surface area contributed by atoms with Gasteiger partial charge in [-0.05, 0) is 72.4 Å². The van der Waals surface area contributed by atoms with Gasteiger partial charge < -0.3 is 19.9 Å². The summed E-state index contributed by atoms with van der Waals surface area (Å²) in [5.41, 5.74) is 2.27. The van der Waals surface area contributed by atoms with Crippen LogP contribution in [0.3, 0.4) is 0 Å². The molecule has 0 aromatic heterocycles. The quantitative estimate of drug-likeness (QED) is 0.281. The topological polar surface area (TPSA) is 84.9 Å². The van der Waals surface area contributed by atoms with E-state index in [9.17, 15) is 19.1 Å². The van der Waals surface area contributed by atoms with Gasteiger partial charge in [-0.15, -0.1) is 0 Å². The number of rotatable bonds is 13. The number of carbonyl (C=O) groups excluding carboxylic acids is 1. The first-order chi connectivity index (χ1) is 17.9. The highest BCUT2D eigenvalue weighted by molar-refractivity contribution is 5.98. The highest BCUT2D eigenvalue weighted by Crippen LogP contribution is 2.30. The zero-order chi connectivity index (χ0) is 26.8. The maximum absolute atomic E-state index is 14.9. The van der Waals surface area contributed by atoms with Gasteiger partial charge in [-0.1, -0.05) is 44.7 Å².